The first-order valence-electron chi connectivity index (χ1n) is 5.68. The Hall–Kier alpha value is -1.95. The van der Waals surface area contributed by atoms with E-state index in [0.29, 0.717) is 11.3 Å². The summed E-state index contributed by atoms with van der Waals surface area (Å²) in [4.78, 5) is 7.33. The number of aryl methyl sites for hydroxylation is 2. The molecule has 0 amide bonds. The van der Waals surface area contributed by atoms with Crippen LogP contribution in [0.4, 0.5) is 0 Å². The number of nitrogens with one attached hydrogen (secondary N) is 1. The predicted molar refractivity (Wildman–Crippen MR) is 72.0 cm³/mol. The van der Waals surface area contributed by atoms with Crippen LogP contribution in [0.1, 0.15) is 11.3 Å². The number of fused-ring (bicyclic) bond motifs is 1. The molecule has 18 heavy (non-hydrogen) atoms. The highest BCUT2D eigenvalue weighted by Crippen LogP contribution is 2.18. The molecular formula is C12H13N5S. The Balaban J connectivity index is 2.17. The smallest absolute Gasteiger partial charge is 0.179 e. The van der Waals surface area contributed by atoms with Gasteiger partial charge in [0, 0.05) is 19.4 Å². The van der Waals surface area contributed by atoms with Gasteiger partial charge in [0.2, 0.25) is 0 Å². The largest absolute Gasteiger partial charge is 0.328 e. The zero-order valence-electron chi connectivity index (χ0n) is 10.2. The van der Waals surface area contributed by atoms with E-state index in [4.69, 9.17) is 12.2 Å². The molecule has 6 heteroatoms. The number of pyridine rings is 1. The first-order valence-corrected chi connectivity index (χ1v) is 6.08. The summed E-state index contributed by atoms with van der Waals surface area (Å²) in [6, 6.07) is 3.97. The number of hydrogen-bond acceptors (Lipinski definition) is 3. The summed E-state index contributed by atoms with van der Waals surface area (Å²) in [7, 11) is 1.93. The number of hydrogen-bond donors (Lipinski definition) is 1. The highest BCUT2D eigenvalue weighted by molar-refractivity contribution is 7.71. The molecule has 3 aromatic heterocycles. The normalized spacial score (nSPS) is 11.2. The zero-order valence-corrected chi connectivity index (χ0v) is 11.0. The van der Waals surface area contributed by atoms with Crippen LogP contribution in [-0.4, -0.2) is 24.3 Å². The van der Waals surface area contributed by atoms with E-state index in [0.717, 1.165) is 22.4 Å². The Labute approximate surface area is 109 Å². The number of aromatic amines is 1. The lowest BCUT2D eigenvalue weighted by atomic mass is 10.3. The van der Waals surface area contributed by atoms with Gasteiger partial charge in [-0.15, -0.1) is 0 Å². The van der Waals surface area contributed by atoms with Crippen LogP contribution in [-0.2, 0) is 13.6 Å². The van der Waals surface area contributed by atoms with Gasteiger partial charge in [-0.25, -0.2) is 0 Å². The second-order valence-corrected chi connectivity index (χ2v) is 4.67. The Kier molecular flexibility index (Phi) is 2.52. The summed E-state index contributed by atoms with van der Waals surface area (Å²) < 4.78 is 4.61. The van der Waals surface area contributed by atoms with Crippen LogP contribution < -0.4 is 0 Å². The molecule has 3 rings (SSSR count). The third-order valence-electron chi connectivity index (χ3n) is 2.99. The van der Waals surface area contributed by atoms with Crippen molar-refractivity contribution in [2.45, 2.75) is 13.5 Å². The minimum absolute atomic E-state index is 0.700. The maximum Gasteiger partial charge on any atom is 0.179 e. The van der Waals surface area contributed by atoms with E-state index in [2.05, 4.69) is 15.1 Å². The standard InChI is InChI=1S/C12H13N5S/c1-8-10-11(16(2)15-8)17(12(18)14-10)7-9-4-3-5-13-6-9/h3-6H,7H2,1-2H3,(H,14,18). The molecule has 1 N–H and O–H groups in total. The lowest BCUT2D eigenvalue weighted by Gasteiger charge is -2.04. The van der Waals surface area contributed by atoms with Gasteiger partial charge in [0.15, 0.2) is 10.4 Å². The molecule has 0 atom stereocenters. The van der Waals surface area contributed by atoms with E-state index >= 15 is 0 Å². The molecule has 0 fully saturated rings. The Morgan fingerprint density at radius 2 is 2.28 bits per heavy atom. The van der Waals surface area contributed by atoms with Gasteiger partial charge in [0.1, 0.15) is 5.52 Å². The van der Waals surface area contributed by atoms with Crippen LogP contribution in [0.5, 0.6) is 0 Å². The zero-order chi connectivity index (χ0) is 12.7. The molecule has 92 valence electrons. The molecule has 0 saturated heterocycles. The van der Waals surface area contributed by atoms with Crippen molar-refractivity contribution in [3.8, 4) is 0 Å². The van der Waals surface area contributed by atoms with E-state index in [-0.39, 0.29) is 0 Å². The van der Waals surface area contributed by atoms with Crippen molar-refractivity contribution < 1.29 is 0 Å². The maximum atomic E-state index is 5.37. The second kappa shape index (κ2) is 4.06. The molecule has 0 spiro atoms. The molecule has 0 unspecified atom stereocenters. The van der Waals surface area contributed by atoms with E-state index in [1.54, 1.807) is 6.20 Å². The monoisotopic (exact) mass is 259 g/mol. The van der Waals surface area contributed by atoms with Crippen LogP contribution in [0.2, 0.25) is 0 Å². The van der Waals surface area contributed by atoms with Gasteiger partial charge in [-0.1, -0.05) is 6.07 Å². The van der Waals surface area contributed by atoms with Crippen LogP contribution in [0.15, 0.2) is 24.5 Å². The second-order valence-electron chi connectivity index (χ2n) is 4.29. The summed E-state index contributed by atoms with van der Waals surface area (Å²) in [5.41, 5.74) is 4.10. The molecule has 0 saturated carbocycles. The van der Waals surface area contributed by atoms with Crippen LogP contribution >= 0.6 is 12.2 Å². The lowest BCUT2D eigenvalue weighted by molar-refractivity contribution is 0.714. The predicted octanol–water partition coefficient (Wildman–Crippen LogP) is 2.18. The average Bonchev–Trinajstić information content (AvgIpc) is 2.81. The van der Waals surface area contributed by atoms with Gasteiger partial charge in [0.05, 0.1) is 12.2 Å². The molecule has 0 bridgehead atoms. The molecule has 0 aliphatic rings. The SMILES string of the molecule is Cc1nn(C)c2c1[nH]c(=S)n2Cc1cccnc1. The van der Waals surface area contributed by atoms with Crippen LogP contribution in [0, 0.1) is 11.7 Å². The van der Waals surface area contributed by atoms with Gasteiger partial charge in [-0.3, -0.25) is 14.2 Å². The van der Waals surface area contributed by atoms with Gasteiger partial charge >= 0.3 is 0 Å². The quantitative estimate of drug-likeness (QED) is 0.718. The molecule has 5 nitrogen and oxygen atoms in total. The molecule has 0 aromatic carbocycles. The fraction of sp³-hybridized carbons (Fsp3) is 0.250. The van der Waals surface area contributed by atoms with Crippen LogP contribution in [0.3, 0.4) is 0 Å². The van der Waals surface area contributed by atoms with Crippen molar-refractivity contribution in [1.82, 2.24) is 24.3 Å². The maximum absolute atomic E-state index is 5.37. The molecule has 3 heterocycles. The van der Waals surface area contributed by atoms with Crippen molar-refractivity contribution in [2.24, 2.45) is 7.05 Å². The fourth-order valence-electron chi connectivity index (χ4n) is 2.19. The third-order valence-corrected chi connectivity index (χ3v) is 3.31. The van der Waals surface area contributed by atoms with Gasteiger partial charge in [-0.2, -0.15) is 5.10 Å². The van der Waals surface area contributed by atoms with E-state index in [1.807, 2.05) is 41.5 Å². The molecule has 0 aliphatic carbocycles. The van der Waals surface area contributed by atoms with Gasteiger partial charge < -0.3 is 4.98 Å². The number of nitrogens with zero attached hydrogens (tertiary/aromatic N) is 4. The van der Waals surface area contributed by atoms with Gasteiger partial charge in [-0.05, 0) is 30.8 Å². The minimum atomic E-state index is 0.700. The minimum Gasteiger partial charge on any atom is -0.328 e. The highest BCUT2D eigenvalue weighted by atomic mass is 32.1. The highest BCUT2D eigenvalue weighted by Gasteiger charge is 2.12. The summed E-state index contributed by atoms with van der Waals surface area (Å²) in [5.74, 6) is 0. The molecule has 0 radical (unpaired) electrons. The average molecular weight is 259 g/mol. The van der Waals surface area contributed by atoms with Crippen molar-refractivity contribution in [1.29, 1.82) is 0 Å². The summed E-state index contributed by atoms with van der Waals surface area (Å²) in [5, 5.41) is 4.40. The van der Waals surface area contributed by atoms with E-state index < -0.39 is 0 Å². The summed E-state index contributed by atoms with van der Waals surface area (Å²) >= 11 is 5.37. The van der Waals surface area contributed by atoms with Crippen molar-refractivity contribution in [3.05, 3.63) is 40.6 Å². The first-order chi connectivity index (χ1) is 8.66. The molecule has 0 aliphatic heterocycles. The third kappa shape index (κ3) is 1.65. The number of H-pyrrole nitrogens is 1. The Bertz CT molecular complexity index is 750. The van der Waals surface area contributed by atoms with E-state index in [1.165, 1.54) is 0 Å². The van der Waals surface area contributed by atoms with Crippen LogP contribution in [0.25, 0.3) is 11.2 Å². The van der Waals surface area contributed by atoms with E-state index in [9.17, 15) is 0 Å². The molecule has 3 aromatic rings. The summed E-state index contributed by atoms with van der Waals surface area (Å²) in [6.45, 7) is 2.67. The van der Waals surface area contributed by atoms with Gasteiger partial charge in [0.25, 0.3) is 0 Å². The van der Waals surface area contributed by atoms with Crippen molar-refractivity contribution in [3.63, 3.8) is 0 Å². The molecular weight excluding hydrogens is 246 g/mol. The lowest BCUT2D eigenvalue weighted by Crippen LogP contribution is -2.04. The number of aromatic nitrogens is 5. The fourth-order valence-corrected chi connectivity index (χ4v) is 2.45. The summed E-state index contributed by atoms with van der Waals surface area (Å²) in [6.07, 6.45) is 3.62. The topological polar surface area (TPSA) is 51.4 Å². The van der Waals surface area contributed by atoms with Crippen molar-refractivity contribution >= 4 is 23.4 Å². The Morgan fingerprint density at radius 3 is 3.00 bits per heavy atom. The number of imidazole rings is 1. The first kappa shape index (κ1) is 11.2. The number of rotatable bonds is 2. The Morgan fingerprint density at radius 1 is 1.44 bits per heavy atom. The van der Waals surface area contributed by atoms with Crippen molar-refractivity contribution in [2.75, 3.05) is 0 Å².